The van der Waals surface area contributed by atoms with E-state index in [1.54, 1.807) is 6.20 Å². The Balaban J connectivity index is 2.18. The van der Waals surface area contributed by atoms with Crippen molar-refractivity contribution in [1.82, 2.24) is 15.2 Å². The highest BCUT2D eigenvalue weighted by molar-refractivity contribution is 5.93. The summed E-state index contributed by atoms with van der Waals surface area (Å²) in [4.78, 5) is 18.8. The van der Waals surface area contributed by atoms with Crippen molar-refractivity contribution in [2.75, 3.05) is 20.1 Å². The Bertz CT molecular complexity index is 417. The van der Waals surface area contributed by atoms with E-state index in [9.17, 15) is 4.79 Å². The smallest absolute Gasteiger partial charge is 0.273 e. The second kappa shape index (κ2) is 5.96. The number of carbonyl (C=O) groups is 1. The molecule has 0 aliphatic carbocycles. The van der Waals surface area contributed by atoms with E-state index in [1.807, 2.05) is 31.0 Å². The number of pyridine rings is 1. The quantitative estimate of drug-likeness (QED) is 0.882. The van der Waals surface area contributed by atoms with Crippen molar-refractivity contribution in [3.05, 3.63) is 29.6 Å². The fraction of sp³-hybridized carbons (Fsp3) is 0.571. The molecule has 2 heterocycles. The largest absolute Gasteiger partial charge is 0.333 e. The maximum Gasteiger partial charge on any atom is 0.273 e. The number of carbonyl (C=O) groups excluding carboxylic acids is 1. The normalized spacial score (nSPS) is 19.9. The van der Waals surface area contributed by atoms with Crippen LogP contribution in [0.4, 0.5) is 0 Å². The second-order valence-corrected chi connectivity index (χ2v) is 4.87. The molecule has 1 aliphatic heterocycles. The SMILES string of the molecule is CNCC1CCCCN1C(=O)c1ncccc1C. The third-order valence-electron chi connectivity index (χ3n) is 3.54. The van der Waals surface area contributed by atoms with Gasteiger partial charge in [-0.1, -0.05) is 6.07 Å². The first-order valence-corrected chi connectivity index (χ1v) is 6.61. The van der Waals surface area contributed by atoms with Gasteiger partial charge in [0.05, 0.1) is 0 Å². The Morgan fingerprint density at radius 1 is 1.56 bits per heavy atom. The number of amides is 1. The summed E-state index contributed by atoms with van der Waals surface area (Å²) in [5, 5.41) is 3.17. The highest BCUT2D eigenvalue weighted by atomic mass is 16.2. The van der Waals surface area contributed by atoms with Crippen LogP contribution < -0.4 is 5.32 Å². The van der Waals surface area contributed by atoms with Crippen LogP contribution in [0.3, 0.4) is 0 Å². The van der Waals surface area contributed by atoms with Gasteiger partial charge in [-0.3, -0.25) is 9.78 Å². The zero-order chi connectivity index (χ0) is 13.0. The number of likely N-dealkylation sites (N-methyl/N-ethyl adjacent to an activating group) is 1. The van der Waals surface area contributed by atoms with E-state index in [2.05, 4.69) is 10.3 Å². The van der Waals surface area contributed by atoms with E-state index in [-0.39, 0.29) is 5.91 Å². The van der Waals surface area contributed by atoms with Crippen LogP contribution >= 0.6 is 0 Å². The van der Waals surface area contributed by atoms with Crippen molar-refractivity contribution >= 4 is 5.91 Å². The Morgan fingerprint density at radius 2 is 2.39 bits per heavy atom. The molecule has 1 N–H and O–H groups in total. The highest BCUT2D eigenvalue weighted by Crippen LogP contribution is 2.19. The molecule has 0 saturated carbocycles. The van der Waals surface area contributed by atoms with Crippen molar-refractivity contribution in [3.8, 4) is 0 Å². The van der Waals surface area contributed by atoms with Crippen molar-refractivity contribution in [3.63, 3.8) is 0 Å². The Kier molecular flexibility index (Phi) is 4.31. The highest BCUT2D eigenvalue weighted by Gasteiger charge is 2.28. The number of nitrogens with zero attached hydrogens (tertiary/aromatic N) is 2. The first kappa shape index (κ1) is 13.0. The van der Waals surface area contributed by atoms with E-state index in [4.69, 9.17) is 0 Å². The zero-order valence-electron chi connectivity index (χ0n) is 11.1. The molecule has 0 spiro atoms. The molecular formula is C14H21N3O. The molecule has 0 radical (unpaired) electrons. The van der Waals surface area contributed by atoms with Crippen LogP contribution in [0.1, 0.15) is 35.3 Å². The molecule has 1 aromatic rings. The van der Waals surface area contributed by atoms with E-state index >= 15 is 0 Å². The lowest BCUT2D eigenvalue weighted by Gasteiger charge is -2.35. The average molecular weight is 247 g/mol. The monoisotopic (exact) mass is 247 g/mol. The fourth-order valence-electron chi connectivity index (χ4n) is 2.56. The molecule has 18 heavy (non-hydrogen) atoms. The van der Waals surface area contributed by atoms with Gasteiger partial charge in [0, 0.05) is 25.3 Å². The third kappa shape index (κ3) is 2.70. The molecule has 0 aromatic carbocycles. The summed E-state index contributed by atoms with van der Waals surface area (Å²) in [6.45, 7) is 3.65. The minimum Gasteiger partial charge on any atom is -0.333 e. The number of aryl methyl sites for hydroxylation is 1. The maximum absolute atomic E-state index is 12.5. The minimum atomic E-state index is 0.0769. The Labute approximate surface area is 108 Å². The number of hydrogen-bond donors (Lipinski definition) is 1. The van der Waals surface area contributed by atoms with Gasteiger partial charge < -0.3 is 10.2 Å². The summed E-state index contributed by atoms with van der Waals surface area (Å²) in [6, 6.07) is 4.11. The lowest BCUT2D eigenvalue weighted by Crippen LogP contribution is -2.48. The summed E-state index contributed by atoms with van der Waals surface area (Å²) >= 11 is 0. The molecular weight excluding hydrogens is 226 g/mol. The van der Waals surface area contributed by atoms with E-state index in [0.29, 0.717) is 11.7 Å². The van der Waals surface area contributed by atoms with Crippen molar-refractivity contribution in [1.29, 1.82) is 0 Å². The molecule has 98 valence electrons. The molecule has 1 saturated heterocycles. The van der Waals surface area contributed by atoms with Crippen LogP contribution in [0.15, 0.2) is 18.3 Å². The van der Waals surface area contributed by atoms with Crippen molar-refractivity contribution < 1.29 is 4.79 Å². The Morgan fingerprint density at radius 3 is 3.11 bits per heavy atom. The zero-order valence-corrected chi connectivity index (χ0v) is 11.1. The van der Waals surface area contributed by atoms with Gasteiger partial charge in [0.15, 0.2) is 0 Å². The van der Waals surface area contributed by atoms with Crippen molar-refractivity contribution in [2.24, 2.45) is 0 Å². The molecule has 1 amide bonds. The number of hydrogen-bond acceptors (Lipinski definition) is 3. The number of rotatable bonds is 3. The molecule has 4 heteroatoms. The van der Waals surface area contributed by atoms with Gasteiger partial charge in [-0.15, -0.1) is 0 Å². The molecule has 0 bridgehead atoms. The molecule has 2 rings (SSSR count). The molecule has 1 aromatic heterocycles. The van der Waals surface area contributed by atoms with Gasteiger partial charge in [-0.25, -0.2) is 0 Å². The summed E-state index contributed by atoms with van der Waals surface area (Å²) < 4.78 is 0. The second-order valence-electron chi connectivity index (χ2n) is 4.87. The standard InChI is InChI=1S/C14H21N3O/c1-11-6-5-8-16-13(11)14(18)17-9-4-3-7-12(17)10-15-2/h5-6,8,12,15H,3-4,7,9-10H2,1-2H3. The van der Waals surface area contributed by atoms with Gasteiger partial charge in [0.1, 0.15) is 5.69 Å². The number of likely N-dealkylation sites (tertiary alicyclic amines) is 1. The molecule has 1 atom stereocenters. The molecule has 4 nitrogen and oxygen atoms in total. The van der Waals surface area contributed by atoms with E-state index < -0.39 is 0 Å². The predicted molar refractivity (Wildman–Crippen MR) is 71.6 cm³/mol. The van der Waals surface area contributed by atoms with Crippen LogP contribution in [0.2, 0.25) is 0 Å². The lowest BCUT2D eigenvalue weighted by atomic mass is 10.0. The first-order chi connectivity index (χ1) is 8.74. The number of piperidine rings is 1. The lowest BCUT2D eigenvalue weighted by molar-refractivity contribution is 0.0608. The van der Waals surface area contributed by atoms with Gasteiger partial charge >= 0.3 is 0 Å². The van der Waals surface area contributed by atoms with Gasteiger partial charge in [-0.05, 0) is 44.9 Å². The molecule has 1 unspecified atom stereocenters. The van der Waals surface area contributed by atoms with Gasteiger partial charge in [0.25, 0.3) is 5.91 Å². The summed E-state index contributed by atoms with van der Waals surface area (Å²) in [6.07, 6.45) is 5.07. The van der Waals surface area contributed by atoms with Crippen LogP contribution in [0.25, 0.3) is 0 Å². The van der Waals surface area contributed by atoms with E-state index in [0.717, 1.165) is 31.5 Å². The number of nitrogens with one attached hydrogen (secondary N) is 1. The van der Waals surface area contributed by atoms with Gasteiger partial charge in [0.2, 0.25) is 0 Å². The molecule has 1 aliphatic rings. The van der Waals surface area contributed by atoms with Crippen LogP contribution in [-0.4, -0.2) is 42.0 Å². The Hall–Kier alpha value is -1.42. The minimum absolute atomic E-state index is 0.0769. The molecule has 1 fully saturated rings. The predicted octanol–water partition coefficient (Wildman–Crippen LogP) is 1.60. The van der Waals surface area contributed by atoms with Crippen LogP contribution in [-0.2, 0) is 0 Å². The maximum atomic E-state index is 12.5. The van der Waals surface area contributed by atoms with Crippen molar-refractivity contribution in [2.45, 2.75) is 32.2 Å². The third-order valence-corrected chi connectivity index (χ3v) is 3.54. The summed E-state index contributed by atoms with van der Waals surface area (Å²) in [7, 11) is 1.93. The topological polar surface area (TPSA) is 45.2 Å². The first-order valence-electron chi connectivity index (χ1n) is 6.61. The number of aromatic nitrogens is 1. The van der Waals surface area contributed by atoms with E-state index in [1.165, 1.54) is 6.42 Å². The summed E-state index contributed by atoms with van der Waals surface area (Å²) in [5.74, 6) is 0.0769. The average Bonchev–Trinajstić information content (AvgIpc) is 2.40. The van der Waals surface area contributed by atoms with Gasteiger partial charge in [-0.2, -0.15) is 0 Å². The van der Waals surface area contributed by atoms with Crippen LogP contribution in [0.5, 0.6) is 0 Å². The summed E-state index contributed by atoms with van der Waals surface area (Å²) in [5.41, 5.74) is 1.55. The fourth-order valence-corrected chi connectivity index (χ4v) is 2.56. The van der Waals surface area contributed by atoms with Crippen LogP contribution in [0, 0.1) is 6.92 Å².